The predicted octanol–water partition coefficient (Wildman–Crippen LogP) is 3.75. The van der Waals surface area contributed by atoms with Crippen LogP contribution in [0.1, 0.15) is 23.8 Å². The van der Waals surface area contributed by atoms with Gasteiger partial charge in [-0.05, 0) is 43.5 Å². The Morgan fingerprint density at radius 3 is 2.63 bits per heavy atom. The second kappa shape index (κ2) is 10.5. The highest BCUT2D eigenvalue weighted by Gasteiger charge is 2.46. The summed E-state index contributed by atoms with van der Waals surface area (Å²) >= 11 is 13.3. The number of alkyl halides is 3. The van der Waals surface area contributed by atoms with E-state index in [1.807, 2.05) is 0 Å². The first-order valence-corrected chi connectivity index (χ1v) is 12.7. The standard InChI is InChI=1S/C22H21Cl2F4N5O4S/c1-10(22(26,27)28)29-19(35)20(36)33-6-5-21(8-33)9-37-15-14(32(2)17(24)16(15)38-31-21)18(34)30-11-3-4-13(25)12(23)7-11/h3-4,7,10,31H,5-6,8-9H2,1-2H3,(H,29,35)(H,30,34)/t10-,21-/m1/s1. The van der Waals surface area contributed by atoms with E-state index in [-0.39, 0.29) is 47.0 Å². The van der Waals surface area contributed by atoms with E-state index in [2.05, 4.69) is 10.0 Å². The van der Waals surface area contributed by atoms with Crippen LogP contribution in [-0.2, 0) is 16.6 Å². The normalized spacial score (nSPS) is 19.9. The SMILES string of the molecule is C[C@@H](NC(=O)C(=O)N1CC[C@]2(COc3c(c(Cl)n(C)c3C(=O)Nc3ccc(F)c(Cl)c3)SN2)C1)C(F)(F)F. The predicted molar refractivity (Wildman–Crippen MR) is 132 cm³/mol. The maximum atomic E-state index is 13.5. The lowest BCUT2D eigenvalue weighted by Gasteiger charge is -2.27. The number of anilines is 1. The molecule has 1 aromatic heterocycles. The molecule has 1 fully saturated rings. The van der Waals surface area contributed by atoms with Gasteiger partial charge < -0.3 is 24.8 Å². The fourth-order valence-electron chi connectivity index (χ4n) is 3.98. The Morgan fingerprint density at radius 2 is 1.97 bits per heavy atom. The zero-order chi connectivity index (χ0) is 28.0. The summed E-state index contributed by atoms with van der Waals surface area (Å²) in [4.78, 5) is 39.2. The lowest BCUT2D eigenvalue weighted by Crippen LogP contribution is -2.52. The average molecular weight is 598 g/mol. The molecule has 1 aromatic carbocycles. The summed E-state index contributed by atoms with van der Waals surface area (Å²) in [6.45, 7) is 0.762. The molecule has 2 aliphatic rings. The van der Waals surface area contributed by atoms with Gasteiger partial charge in [0, 0.05) is 25.8 Å². The van der Waals surface area contributed by atoms with Crippen LogP contribution in [0, 0.1) is 5.82 Å². The van der Waals surface area contributed by atoms with Gasteiger partial charge in [-0.2, -0.15) is 13.2 Å². The Morgan fingerprint density at radius 1 is 1.26 bits per heavy atom. The summed E-state index contributed by atoms with van der Waals surface area (Å²) in [5.74, 6) is -3.54. The number of nitrogens with zero attached hydrogens (tertiary/aromatic N) is 2. The largest absolute Gasteiger partial charge is 0.488 e. The smallest absolute Gasteiger partial charge is 0.408 e. The zero-order valence-corrected chi connectivity index (χ0v) is 22.2. The summed E-state index contributed by atoms with van der Waals surface area (Å²) in [5.41, 5.74) is -0.558. The molecule has 0 saturated carbocycles. The molecule has 2 aromatic rings. The van der Waals surface area contributed by atoms with Crippen LogP contribution in [0.15, 0.2) is 23.1 Å². The molecule has 9 nitrogen and oxygen atoms in total. The maximum Gasteiger partial charge on any atom is 0.408 e. The van der Waals surface area contributed by atoms with Crippen molar-refractivity contribution in [3.63, 3.8) is 0 Å². The molecule has 1 spiro atoms. The van der Waals surface area contributed by atoms with Gasteiger partial charge in [0.25, 0.3) is 5.91 Å². The van der Waals surface area contributed by atoms with Gasteiger partial charge in [0.2, 0.25) is 0 Å². The minimum absolute atomic E-state index is 0.0315. The number of benzene rings is 1. The van der Waals surface area contributed by atoms with E-state index in [1.165, 1.54) is 16.7 Å². The van der Waals surface area contributed by atoms with Gasteiger partial charge in [0.05, 0.1) is 10.6 Å². The van der Waals surface area contributed by atoms with E-state index in [9.17, 15) is 31.9 Å². The van der Waals surface area contributed by atoms with Crippen molar-refractivity contribution in [2.45, 2.75) is 36.0 Å². The summed E-state index contributed by atoms with van der Waals surface area (Å²) in [6, 6.07) is 1.51. The highest BCUT2D eigenvalue weighted by Crippen LogP contribution is 2.44. The highest BCUT2D eigenvalue weighted by atomic mass is 35.5. The number of aromatic nitrogens is 1. The van der Waals surface area contributed by atoms with E-state index in [0.29, 0.717) is 11.3 Å². The molecule has 1 saturated heterocycles. The van der Waals surface area contributed by atoms with Gasteiger partial charge in [-0.25, -0.2) is 9.11 Å². The van der Waals surface area contributed by atoms with Crippen LogP contribution in [0.3, 0.4) is 0 Å². The molecule has 16 heteroatoms. The molecule has 0 radical (unpaired) electrons. The van der Waals surface area contributed by atoms with E-state index in [0.717, 1.165) is 29.8 Å². The molecule has 4 rings (SSSR count). The van der Waals surface area contributed by atoms with Crippen LogP contribution < -0.4 is 20.1 Å². The molecule has 2 aliphatic heterocycles. The molecule has 0 bridgehead atoms. The molecule has 206 valence electrons. The van der Waals surface area contributed by atoms with E-state index in [1.54, 1.807) is 12.4 Å². The Kier molecular flexibility index (Phi) is 7.81. The molecule has 38 heavy (non-hydrogen) atoms. The first-order valence-electron chi connectivity index (χ1n) is 11.1. The van der Waals surface area contributed by atoms with Crippen LogP contribution in [0.5, 0.6) is 5.75 Å². The van der Waals surface area contributed by atoms with Crippen molar-refractivity contribution >= 4 is 58.6 Å². The second-order valence-electron chi connectivity index (χ2n) is 8.93. The van der Waals surface area contributed by atoms with Crippen molar-refractivity contribution < 1.29 is 36.7 Å². The molecule has 3 N–H and O–H groups in total. The number of amides is 3. The third-order valence-electron chi connectivity index (χ3n) is 6.17. The Bertz CT molecular complexity index is 1310. The number of carbonyl (C=O) groups is 3. The number of hydrogen-bond acceptors (Lipinski definition) is 6. The number of halogens is 6. The number of ether oxygens (including phenoxy) is 1. The third-order valence-corrected chi connectivity index (χ3v) is 8.13. The summed E-state index contributed by atoms with van der Waals surface area (Å²) < 4.78 is 62.3. The Labute approximate surface area is 228 Å². The van der Waals surface area contributed by atoms with E-state index in [4.69, 9.17) is 27.9 Å². The Hall–Kier alpha value is -2.68. The van der Waals surface area contributed by atoms with Crippen LogP contribution in [-0.4, -0.2) is 64.6 Å². The maximum absolute atomic E-state index is 13.5. The van der Waals surface area contributed by atoms with Crippen LogP contribution in [0.4, 0.5) is 23.2 Å². The van der Waals surface area contributed by atoms with Crippen molar-refractivity contribution in [1.82, 2.24) is 19.5 Å². The molecule has 0 unspecified atom stereocenters. The van der Waals surface area contributed by atoms with Crippen molar-refractivity contribution in [2.24, 2.45) is 7.05 Å². The quantitative estimate of drug-likeness (QED) is 0.283. The first-order chi connectivity index (χ1) is 17.7. The van der Waals surface area contributed by atoms with Crippen LogP contribution in [0.2, 0.25) is 10.2 Å². The van der Waals surface area contributed by atoms with Gasteiger partial charge >= 0.3 is 18.0 Å². The van der Waals surface area contributed by atoms with Gasteiger partial charge in [0.15, 0.2) is 11.4 Å². The lowest BCUT2D eigenvalue weighted by molar-refractivity contribution is -0.162. The number of hydrogen-bond donors (Lipinski definition) is 3. The average Bonchev–Trinajstić information content (AvgIpc) is 3.30. The molecule has 2 atom stereocenters. The van der Waals surface area contributed by atoms with E-state index >= 15 is 0 Å². The van der Waals surface area contributed by atoms with Crippen molar-refractivity contribution in [3.8, 4) is 5.75 Å². The number of fused-ring (bicyclic) bond motifs is 1. The van der Waals surface area contributed by atoms with Gasteiger partial charge in [-0.1, -0.05) is 23.2 Å². The monoisotopic (exact) mass is 597 g/mol. The molecule has 0 aliphatic carbocycles. The number of likely N-dealkylation sites (tertiary alicyclic amines) is 1. The van der Waals surface area contributed by atoms with Crippen LogP contribution in [0.25, 0.3) is 0 Å². The first kappa shape index (κ1) is 28.3. The second-order valence-corrected chi connectivity index (χ2v) is 10.5. The van der Waals surface area contributed by atoms with Crippen LogP contribution >= 0.6 is 35.1 Å². The summed E-state index contributed by atoms with van der Waals surface area (Å²) in [7, 11) is 1.56. The number of nitrogens with one attached hydrogen (secondary N) is 3. The minimum Gasteiger partial charge on any atom is -0.488 e. The summed E-state index contributed by atoms with van der Waals surface area (Å²) in [6.07, 6.45) is -4.37. The van der Waals surface area contributed by atoms with Crippen molar-refractivity contribution in [2.75, 3.05) is 25.0 Å². The molecular weight excluding hydrogens is 577 g/mol. The fourth-order valence-corrected chi connectivity index (χ4v) is 5.46. The fraction of sp³-hybridized carbons (Fsp3) is 0.409. The summed E-state index contributed by atoms with van der Waals surface area (Å²) in [5, 5.41) is 4.29. The van der Waals surface area contributed by atoms with Gasteiger partial charge in [-0.3, -0.25) is 14.4 Å². The third kappa shape index (κ3) is 5.53. The molecular formula is C22H21Cl2F4N5O4S. The molecule has 3 heterocycles. The van der Waals surface area contributed by atoms with Crippen molar-refractivity contribution in [1.29, 1.82) is 0 Å². The Balaban J connectivity index is 1.48. The van der Waals surface area contributed by atoms with Crippen molar-refractivity contribution in [3.05, 3.63) is 39.9 Å². The molecule has 3 amide bonds. The number of carbonyl (C=O) groups excluding carboxylic acids is 3. The zero-order valence-electron chi connectivity index (χ0n) is 19.8. The highest BCUT2D eigenvalue weighted by molar-refractivity contribution is 7.97. The topological polar surface area (TPSA) is 105 Å². The minimum atomic E-state index is -4.69. The lowest BCUT2D eigenvalue weighted by atomic mass is 10.0. The van der Waals surface area contributed by atoms with E-state index < -0.39 is 41.3 Å². The van der Waals surface area contributed by atoms with Gasteiger partial charge in [0.1, 0.15) is 28.5 Å². The number of rotatable bonds is 3. The van der Waals surface area contributed by atoms with Gasteiger partial charge in [-0.15, -0.1) is 0 Å².